The van der Waals surface area contributed by atoms with Crippen LogP contribution in [0.15, 0.2) is 29.2 Å². The van der Waals surface area contributed by atoms with E-state index in [2.05, 4.69) is 23.9 Å². The van der Waals surface area contributed by atoms with Crippen molar-refractivity contribution >= 4 is 10.0 Å². The Hall–Kier alpha value is -0.910. The van der Waals surface area contributed by atoms with Crippen molar-refractivity contribution in [1.82, 2.24) is 10.0 Å². The first kappa shape index (κ1) is 17.1. The molecule has 0 bridgehead atoms. The van der Waals surface area contributed by atoms with Gasteiger partial charge < -0.3 is 5.32 Å². The second-order valence-electron chi connectivity index (χ2n) is 5.16. The van der Waals surface area contributed by atoms with Crippen LogP contribution < -0.4 is 10.0 Å². The van der Waals surface area contributed by atoms with Crippen molar-refractivity contribution in [1.29, 1.82) is 0 Å². The number of rotatable bonds is 8. The molecule has 0 saturated heterocycles. The van der Waals surface area contributed by atoms with E-state index in [0.29, 0.717) is 10.8 Å². The van der Waals surface area contributed by atoms with E-state index in [4.69, 9.17) is 0 Å². The molecule has 0 amide bonds. The van der Waals surface area contributed by atoms with Crippen molar-refractivity contribution in [3.8, 4) is 0 Å². The maximum atomic E-state index is 12.3. The molecule has 0 radical (unpaired) electrons. The Bertz CT molecular complexity index is 493. The van der Waals surface area contributed by atoms with Crippen molar-refractivity contribution in [2.45, 2.75) is 51.1 Å². The molecule has 20 heavy (non-hydrogen) atoms. The lowest BCUT2D eigenvalue weighted by atomic mass is 9.96. The first-order valence-corrected chi connectivity index (χ1v) is 8.68. The Labute approximate surface area is 123 Å². The highest BCUT2D eigenvalue weighted by molar-refractivity contribution is 7.89. The summed E-state index contributed by atoms with van der Waals surface area (Å²) in [4.78, 5) is 0.329. The average Bonchev–Trinajstić information content (AvgIpc) is 2.40. The fourth-order valence-electron chi connectivity index (χ4n) is 2.40. The average molecular weight is 298 g/mol. The zero-order valence-corrected chi connectivity index (χ0v) is 13.6. The van der Waals surface area contributed by atoms with E-state index < -0.39 is 10.0 Å². The summed E-state index contributed by atoms with van der Waals surface area (Å²) in [5.74, 6) is 0.369. The standard InChI is InChI=1S/C15H26N2O2S/c1-5-14(6-2)12(3)17-20(18,19)15-9-7-13(8-10-15)11-16-4/h7-10,12,14,16-17H,5-6,11H2,1-4H3. The van der Waals surface area contributed by atoms with Gasteiger partial charge in [-0.15, -0.1) is 0 Å². The largest absolute Gasteiger partial charge is 0.316 e. The van der Waals surface area contributed by atoms with E-state index in [-0.39, 0.29) is 6.04 Å². The lowest BCUT2D eigenvalue weighted by Gasteiger charge is -2.22. The molecule has 0 saturated carbocycles. The summed E-state index contributed by atoms with van der Waals surface area (Å²) in [7, 11) is -1.56. The molecule has 0 aliphatic carbocycles. The lowest BCUT2D eigenvalue weighted by molar-refractivity contribution is 0.391. The van der Waals surface area contributed by atoms with Gasteiger partial charge in [0.1, 0.15) is 0 Å². The van der Waals surface area contributed by atoms with Gasteiger partial charge in [-0.1, -0.05) is 38.8 Å². The summed E-state index contributed by atoms with van der Waals surface area (Å²) in [5, 5.41) is 3.04. The van der Waals surface area contributed by atoms with Crippen LogP contribution in [-0.4, -0.2) is 21.5 Å². The third-order valence-electron chi connectivity index (χ3n) is 3.71. The van der Waals surface area contributed by atoms with Crippen LogP contribution in [0.25, 0.3) is 0 Å². The molecular weight excluding hydrogens is 272 g/mol. The van der Waals surface area contributed by atoms with Crippen molar-refractivity contribution in [3.63, 3.8) is 0 Å². The molecule has 1 rings (SSSR count). The predicted octanol–water partition coefficient (Wildman–Crippen LogP) is 2.51. The highest BCUT2D eigenvalue weighted by Gasteiger charge is 2.21. The van der Waals surface area contributed by atoms with Crippen LogP contribution in [0.1, 0.15) is 39.2 Å². The Balaban J connectivity index is 2.82. The fraction of sp³-hybridized carbons (Fsp3) is 0.600. The monoisotopic (exact) mass is 298 g/mol. The lowest BCUT2D eigenvalue weighted by Crippen LogP contribution is -2.37. The van der Waals surface area contributed by atoms with Gasteiger partial charge in [-0.25, -0.2) is 13.1 Å². The minimum atomic E-state index is -3.43. The summed E-state index contributed by atoms with van der Waals surface area (Å²) in [6.45, 7) is 6.85. The molecule has 0 aliphatic heterocycles. The van der Waals surface area contributed by atoms with E-state index in [9.17, 15) is 8.42 Å². The van der Waals surface area contributed by atoms with Crippen LogP contribution >= 0.6 is 0 Å². The molecule has 4 nitrogen and oxygen atoms in total. The van der Waals surface area contributed by atoms with Gasteiger partial charge in [0.2, 0.25) is 10.0 Å². The van der Waals surface area contributed by atoms with Gasteiger partial charge in [-0.2, -0.15) is 0 Å². The van der Waals surface area contributed by atoms with Crippen LogP contribution in [0, 0.1) is 5.92 Å². The normalized spacial score (nSPS) is 13.7. The van der Waals surface area contributed by atoms with Crippen LogP contribution in [0.2, 0.25) is 0 Å². The summed E-state index contributed by atoms with van der Waals surface area (Å²) in [6, 6.07) is 6.95. The molecule has 0 aromatic heterocycles. The first-order valence-electron chi connectivity index (χ1n) is 7.20. The van der Waals surface area contributed by atoms with Gasteiger partial charge in [-0.3, -0.25) is 0 Å². The molecule has 5 heteroatoms. The third-order valence-corrected chi connectivity index (χ3v) is 5.29. The minimum absolute atomic E-state index is 0.0491. The summed E-state index contributed by atoms with van der Waals surface area (Å²) in [5.41, 5.74) is 1.07. The van der Waals surface area contributed by atoms with Gasteiger partial charge in [0.05, 0.1) is 4.90 Å². The van der Waals surface area contributed by atoms with Crippen LogP contribution in [-0.2, 0) is 16.6 Å². The molecule has 114 valence electrons. The highest BCUT2D eigenvalue weighted by Crippen LogP contribution is 2.16. The van der Waals surface area contributed by atoms with E-state index in [1.807, 2.05) is 26.1 Å². The van der Waals surface area contributed by atoms with Gasteiger partial charge in [0.25, 0.3) is 0 Å². The van der Waals surface area contributed by atoms with E-state index in [1.54, 1.807) is 12.1 Å². The topological polar surface area (TPSA) is 58.2 Å². The van der Waals surface area contributed by atoms with E-state index >= 15 is 0 Å². The van der Waals surface area contributed by atoms with Crippen molar-refractivity contribution in [3.05, 3.63) is 29.8 Å². The molecule has 0 spiro atoms. The third kappa shape index (κ3) is 4.58. The summed E-state index contributed by atoms with van der Waals surface area (Å²) < 4.78 is 27.4. The smallest absolute Gasteiger partial charge is 0.240 e. The first-order chi connectivity index (χ1) is 9.44. The molecule has 1 aromatic carbocycles. The van der Waals surface area contributed by atoms with Crippen molar-refractivity contribution < 1.29 is 8.42 Å². The quantitative estimate of drug-likeness (QED) is 0.775. The second-order valence-corrected chi connectivity index (χ2v) is 6.87. The molecule has 0 aliphatic rings. The Kier molecular flexibility index (Phi) is 6.65. The zero-order valence-electron chi connectivity index (χ0n) is 12.8. The molecule has 2 N–H and O–H groups in total. The number of hydrogen-bond acceptors (Lipinski definition) is 3. The van der Waals surface area contributed by atoms with Crippen LogP contribution in [0.5, 0.6) is 0 Å². The van der Waals surface area contributed by atoms with Gasteiger partial charge >= 0.3 is 0 Å². The number of benzene rings is 1. The maximum Gasteiger partial charge on any atom is 0.240 e. The molecule has 0 heterocycles. The number of nitrogens with one attached hydrogen (secondary N) is 2. The van der Waals surface area contributed by atoms with Gasteiger partial charge in [0, 0.05) is 12.6 Å². The Morgan fingerprint density at radius 2 is 1.65 bits per heavy atom. The fourth-order valence-corrected chi connectivity index (χ4v) is 3.71. The highest BCUT2D eigenvalue weighted by atomic mass is 32.2. The molecule has 1 aromatic rings. The number of sulfonamides is 1. The minimum Gasteiger partial charge on any atom is -0.316 e. The Morgan fingerprint density at radius 1 is 1.10 bits per heavy atom. The van der Waals surface area contributed by atoms with E-state index in [0.717, 1.165) is 24.9 Å². The second kappa shape index (κ2) is 7.76. The molecule has 0 fully saturated rings. The van der Waals surface area contributed by atoms with Crippen molar-refractivity contribution in [2.75, 3.05) is 7.05 Å². The van der Waals surface area contributed by atoms with Crippen molar-refractivity contribution in [2.24, 2.45) is 5.92 Å². The predicted molar refractivity (Wildman–Crippen MR) is 83.1 cm³/mol. The maximum absolute atomic E-state index is 12.3. The van der Waals surface area contributed by atoms with Crippen LogP contribution in [0.3, 0.4) is 0 Å². The number of hydrogen-bond donors (Lipinski definition) is 2. The van der Waals surface area contributed by atoms with Gasteiger partial charge in [0.15, 0.2) is 0 Å². The van der Waals surface area contributed by atoms with Crippen LogP contribution in [0.4, 0.5) is 0 Å². The molecular formula is C15H26N2O2S. The van der Waals surface area contributed by atoms with Gasteiger partial charge in [-0.05, 0) is 37.6 Å². The summed E-state index contributed by atoms with van der Waals surface area (Å²) >= 11 is 0. The summed E-state index contributed by atoms with van der Waals surface area (Å²) in [6.07, 6.45) is 1.95. The molecule has 1 unspecified atom stereocenters. The zero-order chi connectivity index (χ0) is 15.2. The molecule has 1 atom stereocenters. The Morgan fingerprint density at radius 3 is 2.10 bits per heavy atom. The SMILES string of the molecule is CCC(CC)C(C)NS(=O)(=O)c1ccc(CNC)cc1. The van der Waals surface area contributed by atoms with E-state index in [1.165, 1.54) is 0 Å².